The third-order valence-electron chi connectivity index (χ3n) is 3.28. The fourth-order valence-corrected chi connectivity index (χ4v) is 4.69. The molecule has 1 heterocycles. The lowest BCUT2D eigenvalue weighted by Crippen LogP contribution is -2.42. The van der Waals surface area contributed by atoms with E-state index in [9.17, 15) is 13.5 Å². The van der Waals surface area contributed by atoms with E-state index in [1.807, 2.05) is 19.1 Å². The molecular formula is C12H16BrNO3S. The van der Waals surface area contributed by atoms with Gasteiger partial charge in [-0.05, 0) is 35.3 Å². The maximum absolute atomic E-state index is 11.5. The first-order valence-corrected chi connectivity index (χ1v) is 8.35. The highest BCUT2D eigenvalue weighted by atomic mass is 79.9. The fraction of sp³-hybridized carbons (Fsp3) is 0.500. The largest absolute Gasteiger partial charge is 0.506 e. The topological polar surface area (TPSA) is 66.4 Å². The summed E-state index contributed by atoms with van der Waals surface area (Å²) in [6.07, 6.45) is 0.615. The van der Waals surface area contributed by atoms with Gasteiger partial charge in [0.2, 0.25) is 0 Å². The Morgan fingerprint density at radius 1 is 1.50 bits per heavy atom. The van der Waals surface area contributed by atoms with Crippen LogP contribution in [0.15, 0.2) is 22.7 Å². The van der Waals surface area contributed by atoms with Gasteiger partial charge in [0, 0.05) is 17.6 Å². The number of aromatic hydroxyl groups is 1. The van der Waals surface area contributed by atoms with Crippen LogP contribution in [0.4, 0.5) is 0 Å². The number of nitrogens with one attached hydrogen (secondary N) is 1. The van der Waals surface area contributed by atoms with Gasteiger partial charge in [0.25, 0.3) is 0 Å². The Bertz CT molecular complexity index is 558. The summed E-state index contributed by atoms with van der Waals surface area (Å²) in [5.74, 6) is 0.602. The van der Waals surface area contributed by atoms with Crippen molar-refractivity contribution in [3.05, 3.63) is 28.2 Å². The molecule has 0 spiro atoms. The summed E-state index contributed by atoms with van der Waals surface area (Å²) in [4.78, 5) is 0. The maximum Gasteiger partial charge on any atom is 0.152 e. The zero-order valence-corrected chi connectivity index (χ0v) is 12.5. The molecule has 2 N–H and O–H groups in total. The smallest absolute Gasteiger partial charge is 0.152 e. The van der Waals surface area contributed by atoms with Crippen LogP contribution in [-0.4, -0.2) is 30.6 Å². The van der Waals surface area contributed by atoms with Crippen LogP contribution in [-0.2, 0) is 16.4 Å². The highest BCUT2D eigenvalue weighted by Crippen LogP contribution is 2.29. The van der Waals surface area contributed by atoms with Crippen LogP contribution >= 0.6 is 15.9 Å². The Balaban J connectivity index is 2.06. The van der Waals surface area contributed by atoms with Gasteiger partial charge in [-0.2, -0.15) is 0 Å². The van der Waals surface area contributed by atoms with Crippen molar-refractivity contribution in [2.24, 2.45) is 0 Å². The van der Waals surface area contributed by atoms with Gasteiger partial charge in [0.05, 0.1) is 16.0 Å². The first kappa shape index (κ1) is 13.8. The van der Waals surface area contributed by atoms with Crippen molar-refractivity contribution in [2.75, 3.05) is 11.5 Å². The number of sulfone groups is 1. The summed E-state index contributed by atoms with van der Waals surface area (Å²) in [6, 6.07) is 5.43. The zero-order valence-electron chi connectivity index (χ0n) is 10.1. The Labute approximate surface area is 115 Å². The Hall–Kier alpha value is -0.590. The van der Waals surface area contributed by atoms with Gasteiger partial charge in [0.1, 0.15) is 5.75 Å². The van der Waals surface area contributed by atoms with Crippen LogP contribution in [0, 0.1) is 0 Å². The second-order valence-corrected chi connectivity index (χ2v) is 8.04. The summed E-state index contributed by atoms with van der Waals surface area (Å²) >= 11 is 3.26. The number of hydrogen-bond acceptors (Lipinski definition) is 4. The maximum atomic E-state index is 11.5. The van der Waals surface area contributed by atoms with E-state index in [4.69, 9.17) is 0 Å². The molecule has 4 nitrogen and oxygen atoms in total. The Morgan fingerprint density at radius 3 is 2.83 bits per heavy atom. The van der Waals surface area contributed by atoms with Crippen LogP contribution in [0.25, 0.3) is 0 Å². The zero-order chi connectivity index (χ0) is 13.4. The van der Waals surface area contributed by atoms with Crippen LogP contribution < -0.4 is 5.32 Å². The van der Waals surface area contributed by atoms with E-state index in [1.54, 1.807) is 6.07 Å². The number of hydrogen-bond donors (Lipinski definition) is 2. The predicted molar refractivity (Wildman–Crippen MR) is 74.3 cm³/mol. The average molecular weight is 334 g/mol. The van der Waals surface area contributed by atoms with Gasteiger partial charge in [-0.15, -0.1) is 0 Å². The molecule has 0 aromatic heterocycles. The van der Waals surface area contributed by atoms with E-state index < -0.39 is 15.4 Å². The van der Waals surface area contributed by atoms with Crippen molar-refractivity contribution < 1.29 is 13.5 Å². The molecular weight excluding hydrogens is 318 g/mol. The molecule has 1 aliphatic rings. The van der Waals surface area contributed by atoms with Gasteiger partial charge in [0.15, 0.2) is 9.84 Å². The molecule has 1 aromatic carbocycles. The van der Waals surface area contributed by atoms with Gasteiger partial charge in [-0.1, -0.05) is 12.1 Å². The highest BCUT2D eigenvalue weighted by molar-refractivity contribution is 9.10. The molecule has 0 aliphatic carbocycles. The molecule has 1 aromatic rings. The third kappa shape index (κ3) is 3.05. The Morgan fingerprint density at radius 2 is 2.22 bits per heavy atom. The number of rotatable bonds is 3. The summed E-state index contributed by atoms with van der Waals surface area (Å²) < 4.78 is 23.6. The lowest BCUT2D eigenvalue weighted by atomic mass is 10.0. The summed E-state index contributed by atoms with van der Waals surface area (Å²) in [6.45, 7) is 2.36. The number of benzene rings is 1. The van der Waals surface area contributed by atoms with Crippen molar-refractivity contribution in [1.29, 1.82) is 0 Å². The third-order valence-corrected chi connectivity index (χ3v) is 5.82. The van der Waals surface area contributed by atoms with Gasteiger partial charge in [-0.25, -0.2) is 8.42 Å². The Kier molecular flexibility index (Phi) is 3.71. The molecule has 2 rings (SSSR count). The van der Waals surface area contributed by atoms with Gasteiger partial charge in [-0.3, -0.25) is 0 Å². The van der Waals surface area contributed by atoms with Crippen molar-refractivity contribution >= 4 is 25.8 Å². The second kappa shape index (κ2) is 4.83. The molecule has 1 fully saturated rings. The molecule has 1 atom stereocenters. The van der Waals surface area contributed by atoms with Crippen molar-refractivity contribution in [2.45, 2.75) is 25.4 Å². The first-order valence-electron chi connectivity index (χ1n) is 5.73. The lowest BCUT2D eigenvalue weighted by Gasteiger charge is -2.24. The van der Waals surface area contributed by atoms with Crippen molar-refractivity contribution in [1.82, 2.24) is 5.32 Å². The molecule has 18 heavy (non-hydrogen) atoms. The van der Waals surface area contributed by atoms with Crippen LogP contribution in [0.3, 0.4) is 0 Å². The molecule has 0 bridgehead atoms. The van der Waals surface area contributed by atoms with Crippen molar-refractivity contribution in [3.8, 4) is 5.75 Å². The summed E-state index contributed by atoms with van der Waals surface area (Å²) in [7, 11) is -2.91. The van der Waals surface area contributed by atoms with E-state index in [2.05, 4.69) is 21.2 Å². The fourth-order valence-electron chi connectivity index (χ4n) is 2.16. The minimum atomic E-state index is -2.91. The summed E-state index contributed by atoms with van der Waals surface area (Å²) in [5.41, 5.74) is 0.364. The molecule has 0 radical (unpaired) electrons. The number of phenolic OH excluding ortho intramolecular Hbond substituents is 1. The molecule has 1 saturated heterocycles. The number of phenols is 1. The molecule has 0 amide bonds. The van der Waals surface area contributed by atoms with Crippen LogP contribution in [0.2, 0.25) is 0 Å². The molecule has 1 aliphatic heterocycles. The molecule has 0 saturated carbocycles. The van der Waals surface area contributed by atoms with Gasteiger partial charge >= 0.3 is 0 Å². The van der Waals surface area contributed by atoms with E-state index in [0.29, 0.717) is 17.4 Å². The van der Waals surface area contributed by atoms with E-state index in [1.165, 1.54) is 0 Å². The van der Waals surface area contributed by atoms with E-state index in [0.717, 1.165) is 5.56 Å². The molecule has 100 valence electrons. The van der Waals surface area contributed by atoms with E-state index in [-0.39, 0.29) is 17.3 Å². The molecule has 6 heteroatoms. The summed E-state index contributed by atoms with van der Waals surface area (Å²) in [5, 5.41) is 13.1. The lowest BCUT2D eigenvalue weighted by molar-refractivity contribution is 0.388. The monoisotopic (exact) mass is 333 g/mol. The standard InChI is InChI=1S/C12H16BrNO3S/c1-12(5-6-18(16,17)8-12)14-7-9-3-2-4-10(13)11(9)15/h2-4,14-15H,5-8H2,1H3. The first-order chi connectivity index (χ1) is 8.31. The second-order valence-electron chi connectivity index (χ2n) is 5.00. The minimum Gasteiger partial charge on any atom is -0.506 e. The van der Waals surface area contributed by atoms with Crippen LogP contribution in [0.5, 0.6) is 5.75 Å². The van der Waals surface area contributed by atoms with E-state index >= 15 is 0 Å². The minimum absolute atomic E-state index is 0.161. The van der Waals surface area contributed by atoms with Crippen molar-refractivity contribution in [3.63, 3.8) is 0 Å². The molecule has 1 unspecified atom stereocenters. The SMILES string of the molecule is CC1(NCc2cccc(Br)c2O)CCS(=O)(=O)C1. The van der Waals surface area contributed by atoms with Gasteiger partial charge < -0.3 is 10.4 Å². The number of halogens is 1. The predicted octanol–water partition coefficient (Wildman–Crippen LogP) is 1.82. The normalized spacial score (nSPS) is 26.3. The van der Waals surface area contributed by atoms with Crippen LogP contribution in [0.1, 0.15) is 18.9 Å². The highest BCUT2D eigenvalue weighted by Gasteiger charge is 2.37. The quantitative estimate of drug-likeness (QED) is 0.885. The average Bonchev–Trinajstić information content (AvgIpc) is 2.56. The number of para-hydroxylation sites is 1.